The summed E-state index contributed by atoms with van der Waals surface area (Å²) in [6.07, 6.45) is 4.98. The molecule has 1 heterocycles. The van der Waals surface area contributed by atoms with Gasteiger partial charge in [0.05, 0.1) is 12.0 Å². The summed E-state index contributed by atoms with van der Waals surface area (Å²) in [5, 5.41) is 0. The number of hydrogen-bond acceptors (Lipinski definition) is 5. The molecule has 7 nitrogen and oxygen atoms in total. The van der Waals surface area contributed by atoms with Crippen LogP contribution in [-0.2, 0) is 21.2 Å². The second kappa shape index (κ2) is 12.9. The van der Waals surface area contributed by atoms with Gasteiger partial charge in [-0.15, -0.1) is 0 Å². The van der Waals surface area contributed by atoms with Crippen LogP contribution in [0.25, 0.3) is 6.08 Å². The molecule has 3 aromatic carbocycles. The van der Waals surface area contributed by atoms with E-state index in [9.17, 15) is 13.2 Å². The van der Waals surface area contributed by atoms with E-state index in [1.807, 2.05) is 42.5 Å². The third-order valence-corrected chi connectivity index (χ3v) is 8.75. The molecule has 1 saturated heterocycles. The SMILES string of the molecule is COc1ccc(/C=C/C(=O)N(C)c2ccc(S(=O)(=O)N3CCCN(CCc4ccccc4)CC3)cc2)cc1. The van der Waals surface area contributed by atoms with Crippen molar-refractivity contribution in [1.29, 1.82) is 0 Å². The molecule has 1 aliphatic rings. The van der Waals surface area contributed by atoms with Gasteiger partial charge in [0, 0.05) is 45.0 Å². The zero-order chi connectivity index (χ0) is 27.0. The number of nitrogens with zero attached hydrogens (tertiary/aromatic N) is 3. The van der Waals surface area contributed by atoms with Crippen LogP contribution < -0.4 is 9.64 Å². The van der Waals surface area contributed by atoms with Gasteiger partial charge >= 0.3 is 0 Å². The smallest absolute Gasteiger partial charge is 0.250 e. The normalized spacial score (nSPS) is 15.3. The van der Waals surface area contributed by atoms with Crippen LogP contribution in [0.4, 0.5) is 5.69 Å². The fourth-order valence-electron chi connectivity index (χ4n) is 4.46. The number of carbonyl (C=O) groups excluding carboxylic acids is 1. The number of carbonyl (C=O) groups is 1. The molecule has 0 N–H and O–H groups in total. The minimum absolute atomic E-state index is 0.209. The summed E-state index contributed by atoms with van der Waals surface area (Å²) in [6, 6.07) is 24.3. The zero-order valence-corrected chi connectivity index (χ0v) is 22.8. The summed E-state index contributed by atoms with van der Waals surface area (Å²) in [6.45, 7) is 3.48. The van der Waals surface area contributed by atoms with Crippen LogP contribution in [0, 0.1) is 0 Å². The standard InChI is InChI=1S/C30H35N3O4S/c1-31(30(34)18-11-26-9-14-28(37-2)15-10-26)27-12-16-29(17-13-27)38(35,36)33-21-6-20-32(23-24-33)22-19-25-7-4-3-5-8-25/h3-5,7-18H,6,19-24H2,1-2H3/b18-11+. The lowest BCUT2D eigenvalue weighted by Gasteiger charge is -2.22. The van der Waals surface area contributed by atoms with Crippen LogP contribution in [0.15, 0.2) is 89.8 Å². The molecule has 0 aliphatic carbocycles. The molecule has 0 unspecified atom stereocenters. The Balaban J connectivity index is 1.34. The topological polar surface area (TPSA) is 70.2 Å². The van der Waals surface area contributed by atoms with Crippen molar-refractivity contribution in [2.24, 2.45) is 0 Å². The van der Waals surface area contributed by atoms with Crippen molar-refractivity contribution >= 4 is 27.7 Å². The predicted molar refractivity (Wildman–Crippen MR) is 152 cm³/mol. The summed E-state index contributed by atoms with van der Waals surface area (Å²) in [5.41, 5.74) is 2.79. The summed E-state index contributed by atoms with van der Waals surface area (Å²) in [7, 11) is -0.335. The molecule has 8 heteroatoms. The number of methoxy groups -OCH3 is 1. The second-order valence-electron chi connectivity index (χ2n) is 9.33. The lowest BCUT2D eigenvalue weighted by atomic mass is 10.1. The zero-order valence-electron chi connectivity index (χ0n) is 22.0. The number of benzene rings is 3. The Morgan fingerprint density at radius 2 is 1.63 bits per heavy atom. The lowest BCUT2D eigenvalue weighted by molar-refractivity contribution is -0.113. The molecule has 0 atom stereocenters. The molecule has 0 bridgehead atoms. The van der Waals surface area contributed by atoms with E-state index >= 15 is 0 Å². The van der Waals surface area contributed by atoms with Gasteiger partial charge in [0.2, 0.25) is 10.0 Å². The summed E-state index contributed by atoms with van der Waals surface area (Å²) < 4.78 is 33.4. The summed E-state index contributed by atoms with van der Waals surface area (Å²) in [5.74, 6) is 0.542. The molecule has 1 aliphatic heterocycles. The molecule has 200 valence electrons. The molecule has 3 aromatic rings. The Labute approximate surface area is 226 Å². The molecule has 1 amide bonds. The molecule has 0 radical (unpaired) electrons. The Bertz CT molecular complexity index is 1320. The number of anilines is 1. The maximum atomic E-state index is 13.4. The second-order valence-corrected chi connectivity index (χ2v) is 11.3. The van der Waals surface area contributed by atoms with Crippen molar-refractivity contribution in [3.8, 4) is 5.75 Å². The monoisotopic (exact) mass is 533 g/mol. The number of hydrogen-bond donors (Lipinski definition) is 0. The van der Waals surface area contributed by atoms with Gasteiger partial charge in [-0.2, -0.15) is 4.31 Å². The van der Waals surface area contributed by atoms with E-state index in [1.165, 1.54) is 16.5 Å². The molecule has 0 aromatic heterocycles. The quantitative estimate of drug-likeness (QED) is 0.384. The van der Waals surface area contributed by atoms with Crippen molar-refractivity contribution in [3.05, 3.63) is 96.1 Å². The van der Waals surface area contributed by atoms with E-state index in [2.05, 4.69) is 17.0 Å². The van der Waals surface area contributed by atoms with Gasteiger partial charge in [0.15, 0.2) is 0 Å². The first-order chi connectivity index (χ1) is 18.4. The molecule has 1 fully saturated rings. The molecular weight excluding hydrogens is 498 g/mol. The molecule has 0 spiro atoms. The molecule has 4 rings (SSSR count). The number of sulfonamides is 1. The minimum Gasteiger partial charge on any atom is -0.497 e. The maximum Gasteiger partial charge on any atom is 0.250 e. The molecule has 0 saturated carbocycles. The van der Waals surface area contributed by atoms with Crippen molar-refractivity contribution < 1.29 is 17.9 Å². The van der Waals surface area contributed by atoms with Crippen LogP contribution in [0.3, 0.4) is 0 Å². The van der Waals surface area contributed by atoms with Gasteiger partial charge in [-0.1, -0.05) is 42.5 Å². The highest BCUT2D eigenvalue weighted by Gasteiger charge is 2.27. The van der Waals surface area contributed by atoms with Gasteiger partial charge in [-0.05, 0) is 73.0 Å². The van der Waals surface area contributed by atoms with Crippen molar-refractivity contribution in [1.82, 2.24) is 9.21 Å². The van der Waals surface area contributed by atoms with Crippen molar-refractivity contribution in [3.63, 3.8) is 0 Å². The van der Waals surface area contributed by atoms with Crippen LogP contribution in [0.2, 0.25) is 0 Å². The van der Waals surface area contributed by atoms with Crippen LogP contribution in [0.5, 0.6) is 5.75 Å². The average molecular weight is 534 g/mol. The first-order valence-electron chi connectivity index (χ1n) is 12.8. The first kappa shape index (κ1) is 27.6. The van der Waals surface area contributed by atoms with Crippen LogP contribution in [0.1, 0.15) is 17.5 Å². The van der Waals surface area contributed by atoms with E-state index in [0.717, 1.165) is 37.2 Å². The van der Waals surface area contributed by atoms with E-state index in [1.54, 1.807) is 48.8 Å². The van der Waals surface area contributed by atoms with Crippen LogP contribution >= 0.6 is 0 Å². The Hall–Kier alpha value is -3.46. The number of likely N-dealkylation sites (N-methyl/N-ethyl adjacent to an activating group) is 1. The van der Waals surface area contributed by atoms with Gasteiger partial charge in [-0.25, -0.2) is 8.42 Å². The van der Waals surface area contributed by atoms with E-state index in [4.69, 9.17) is 4.74 Å². The minimum atomic E-state index is -3.61. The van der Waals surface area contributed by atoms with Gasteiger partial charge < -0.3 is 14.5 Å². The Morgan fingerprint density at radius 1 is 0.921 bits per heavy atom. The van der Waals surface area contributed by atoms with Gasteiger partial charge in [0.1, 0.15) is 5.75 Å². The Kier molecular flexibility index (Phi) is 9.33. The van der Waals surface area contributed by atoms with E-state index in [0.29, 0.717) is 25.3 Å². The van der Waals surface area contributed by atoms with Gasteiger partial charge in [-0.3, -0.25) is 4.79 Å². The number of amides is 1. The molecular formula is C30H35N3O4S. The van der Waals surface area contributed by atoms with Crippen molar-refractivity contribution in [2.45, 2.75) is 17.7 Å². The van der Waals surface area contributed by atoms with E-state index < -0.39 is 10.0 Å². The largest absolute Gasteiger partial charge is 0.497 e. The first-order valence-corrected chi connectivity index (χ1v) is 14.3. The van der Waals surface area contributed by atoms with Gasteiger partial charge in [0.25, 0.3) is 5.91 Å². The fraction of sp³-hybridized carbons (Fsp3) is 0.300. The lowest BCUT2D eigenvalue weighted by Crippen LogP contribution is -2.35. The molecule has 38 heavy (non-hydrogen) atoms. The third-order valence-electron chi connectivity index (χ3n) is 6.83. The highest BCUT2D eigenvalue weighted by Crippen LogP contribution is 2.22. The number of ether oxygens (including phenoxy) is 1. The van der Waals surface area contributed by atoms with Crippen LogP contribution in [-0.4, -0.2) is 70.4 Å². The highest BCUT2D eigenvalue weighted by molar-refractivity contribution is 7.89. The Morgan fingerprint density at radius 3 is 2.32 bits per heavy atom. The highest BCUT2D eigenvalue weighted by atomic mass is 32.2. The summed E-state index contributed by atoms with van der Waals surface area (Å²) in [4.78, 5) is 16.7. The third kappa shape index (κ3) is 7.10. The average Bonchev–Trinajstić information content (AvgIpc) is 3.21. The fourth-order valence-corrected chi connectivity index (χ4v) is 5.93. The van der Waals surface area contributed by atoms with E-state index in [-0.39, 0.29) is 10.8 Å². The number of rotatable bonds is 9. The summed E-state index contributed by atoms with van der Waals surface area (Å²) >= 11 is 0. The van der Waals surface area contributed by atoms with Crippen molar-refractivity contribution in [2.75, 3.05) is 51.8 Å². The maximum absolute atomic E-state index is 13.4. The predicted octanol–water partition coefficient (Wildman–Crippen LogP) is 4.31.